The lowest BCUT2D eigenvalue weighted by Gasteiger charge is -2.25. The molecule has 0 aliphatic rings. The second-order valence-electron chi connectivity index (χ2n) is 5.86. The van der Waals surface area contributed by atoms with E-state index in [1.165, 1.54) is 18.2 Å². The van der Waals surface area contributed by atoms with Crippen LogP contribution in [0.2, 0.25) is 5.02 Å². The van der Waals surface area contributed by atoms with Gasteiger partial charge in [0.25, 0.3) is 0 Å². The first-order valence-corrected chi connectivity index (χ1v) is 8.41. The Morgan fingerprint density at radius 1 is 1.27 bits per heavy atom. The number of nitrogens with zero attached hydrogens (tertiary/aromatic N) is 1. The largest absolute Gasteiger partial charge is 0.493 e. The summed E-state index contributed by atoms with van der Waals surface area (Å²) in [5.41, 5.74) is 1.35. The topological polar surface area (TPSA) is 50.8 Å². The van der Waals surface area contributed by atoms with Crippen LogP contribution in [0, 0.1) is 5.82 Å². The number of ether oxygens (including phenoxy) is 2. The molecule has 1 N–H and O–H groups in total. The van der Waals surface area contributed by atoms with Gasteiger partial charge in [-0.1, -0.05) is 23.7 Å². The van der Waals surface area contributed by atoms with Gasteiger partial charge in [-0.2, -0.15) is 0 Å². The maximum Gasteiger partial charge on any atom is 0.241 e. The van der Waals surface area contributed by atoms with Crippen molar-refractivity contribution >= 4 is 23.2 Å². The van der Waals surface area contributed by atoms with Crippen molar-refractivity contribution in [2.75, 3.05) is 26.6 Å². The Morgan fingerprint density at radius 3 is 2.62 bits per heavy atom. The molecule has 1 unspecified atom stereocenters. The van der Waals surface area contributed by atoms with Gasteiger partial charge >= 0.3 is 0 Å². The summed E-state index contributed by atoms with van der Waals surface area (Å²) in [6, 6.07) is 9.24. The predicted molar refractivity (Wildman–Crippen MR) is 101 cm³/mol. The number of nitrogens with one attached hydrogen (secondary N) is 1. The van der Waals surface area contributed by atoms with Crippen LogP contribution >= 0.6 is 11.6 Å². The van der Waals surface area contributed by atoms with E-state index >= 15 is 0 Å². The number of anilines is 1. The highest BCUT2D eigenvalue weighted by Crippen LogP contribution is 2.31. The summed E-state index contributed by atoms with van der Waals surface area (Å²) >= 11 is 5.75. The van der Waals surface area contributed by atoms with Crippen LogP contribution < -0.4 is 14.8 Å². The third-order valence-electron chi connectivity index (χ3n) is 4.13. The van der Waals surface area contributed by atoms with Crippen LogP contribution in [0.15, 0.2) is 36.4 Å². The molecule has 0 fully saturated rings. The Labute approximate surface area is 157 Å². The molecule has 0 radical (unpaired) electrons. The van der Waals surface area contributed by atoms with Crippen molar-refractivity contribution in [2.45, 2.75) is 19.5 Å². The van der Waals surface area contributed by atoms with Gasteiger partial charge in [-0.05, 0) is 38.2 Å². The Hall–Kier alpha value is -2.31. The van der Waals surface area contributed by atoms with Crippen LogP contribution in [0.4, 0.5) is 10.1 Å². The normalized spacial score (nSPS) is 12.0. The number of rotatable bonds is 7. The van der Waals surface area contributed by atoms with E-state index in [0.29, 0.717) is 23.7 Å². The maximum atomic E-state index is 13.2. The number of hydrogen-bond donors (Lipinski definition) is 1. The van der Waals surface area contributed by atoms with Gasteiger partial charge < -0.3 is 14.8 Å². The number of halogens is 2. The first kappa shape index (κ1) is 20.0. The summed E-state index contributed by atoms with van der Waals surface area (Å²) in [7, 11) is 4.99. The van der Waals surface area contributed by atoms with Gasteiger partial charge in [0.2, 0.25) is 5.91 Å². The molecule has 0 saturated carbocycles. The van der Waals surface area contributed by atoms with Gasteiger partial charge in [0.05, 0.1) is 25.3 Å². The highest BCUT2D eigenvalue weighted by Gasteiger charge is 2.20. The van der Waals surface area contributed by atoms with E-state index in [0.717, 1.165) is 5.56 Å². The molecule has 5 nitrogen and oxygen atoms in total. The fourth-order valence-electron chi connectivity index (χ4n) is 2.50. The average molecular weight is 381 g/mol. The fraction of sp³-hybridized carbons (Fsp3) is 0.316. The summed E-state index contributed by atoms with van der Waals surface area (Å²) in [6.07, 6.45) is 0. The highest BCUT2D eigenvalue weighted by molar-refractivity contribution is 6.31. The number of hydrogen-bond acceptors (Lipinski definition) is 4. The summed E-state index contributed by atoms with van der Waals surface area (Å²) < 4.78 is 23.9. The quantitative estimate of drug-likeness (QED) is 0.790. The zero-order valence-electron chi connectivity index (χ0n) is 15.2. The van der Waals surface area contributed by atoms with Gasteiger partial charge in [-0.3, -0.25) is 9.69 Å². The molecule has 0 bridgehead atoms. The molecule has 7 heteroatoms. The van der Waals surface area contributed by atoms with Crippen molar-refractivity contribution in [1.29, 1.82) is 0 Å². The third kappa shape index (κ3) is 4.65. The SMILES string of the molecule is COc1cccc(CN(C)C(C)C(=O)Nc2ccc(F)c(Cl)c2)c1OC. The zero-order valence-corrected chi connectivity index (χ0v) is 15.9. The van der Waals surface area contributed by atoms with E-state index in [1.54, 1.807) is 21.1 Å². The number of amides is 1. The van der Waals surface area contributed by atoms with Crippen LogP contribution in [-0.4, -0.2) is 38.1 Å². The molecule has 2 rings (SSSR count). The smallest absolute Gasteiger partial charge is 0.241 e. The first-order valence-electron chi connectivity index (χ1n) is 8.03. The molecule has 1 atom stereocenters. The van der Waals surface area contributed by atoms with E-state index in [-0.39, 0.29) is 10.9 Å². The van der Waals surface area contributed by atoms with Crippen molar-refractivity contribution in [3.8, 4) is 11.5 Å². The summed E-state index contributed by atoms with van der Waals surface area (Å²) in [5.74, 6) is 0.522. The van der Waals surface area contributed by atoms with E-state index in [4.69, 9.17) is 21.1 Å². The Kier molecular flexibility index (Phi) is 6.83. The first-order chi connectivity index (χ1) is 12.4. The molecule has 0 aromatic heterocycles. The third-order valence-corrected chi connectivity index (χ3v) is 4.42. The minimum Gasteiger partial charge on any atom is -0.493 e. The second-order valence-corrected chi connectivity index (χ2v) is 6.27. The minimum absolute atomic E-state index is 0.0371. The van der Waals surface area contributed by atoms with Crippen LogP contribution in [0.25, 0.3) is 0 Å². The molecule has 1 amide bonds. The number of benzene rings is 2. The van der Waals surface area contributed by atoms with Gasteiger partial charge in [0.15, 0.2) is 11.5 Å². The minimum atomic E-state index is -0.528. The van der Waals surface area contributed by atoms with Crippen molar-refractivity contribution in [3.63, 3.8) is 0 Å². The number of methoxy groups -OCH3 is 2. The lowest BCUT2D eigenvalue weighted by Crippen LogP contribution is -2.39. The molecule has 26 heavy (non-hydrogen) atoms. The van der Waals surface area contributed by atoms with Gasteiger partial charge in [0.1, 0.15) is 5.82 Å². The van der Waals surface area contributed by atoms with Gasteiger partial charge in [-0.15, -0.1) is 0 Å². The van der Waals surface area contributed by atoms with E-state index in [9.17, 15) is 9.18 Å². The fourth-order valence-corrected chi connectivity index (χ4v) is 2.69. The monoisotopic (exact) mass is 380 g/mol. The second kappa shape index (κ2) is 8.87. The standard InChI is InChI=1S/C19H22ClFN2O3/c1-12(19(24)22-14-8-9-16(21)15(20)10-14)23(2)11-13-6-5-7-17(25-3)18(13)26-4/h5-10,12H,11H2,1-4H3,(H,22,24). The summed E-state index contributed by atoms with van der Waals surface area (Å²) in [4.78, 5) is 14.3. The van der Waals surface area contributed by atoms with Crippen LogP contribution in [-0.2, 0) is 11.3 Å². The number of carbonyl (C=O) groups excluding carboxylic acids is 1. The molecule has 0 heterocycles. The lowest BCUT2D eigenvalue weighted by atomic mass is 10.1. The Morgan fingerprint density at radius 2 is 2.00 bits per heavy atom. The number of para-hydroxylation sites is 1. The Balaban J connectivity index is 2.08. The molecular formula is C19H22ClFN2O3. The summed E-state index contributed by atoms with van der Waals surface area (Å²) in [5, 5.41) is 2.70. The van der Waals surface area contributed by atoms with E-state index < -0.39 is 11.9 Å². The van der Waals surface area contributed by atoms with Crippen LogP contribution in [0.1, 0.15) is 12.5 Å². The molecule has 0 saturated heterocycles. The zero-order chi connectivity index (χ0) is 19.3. The van der Waals surface area contributed by atoms with Crippen molar-refractivity contribution < 1.29 is 18.7 Å². The van der Waals surface area contributed by atoms with Crippen LogP contribution in [0.5, 0.6) is 11.5 Å². The number of likely N-dealkylation sites (N-methyl/N-ethyl adjacent to an activating group) is 1. The van der Waals surface area contributed by atoms with Gasteiger partial charge in [0, 0.05) is 17.8 Å². The molecule has 2 aromatic rings. The molecular weight excluding hydrogens is 359 g/mol. The molecule has 0 spiro atoms. The van der Waals surface area contributed by atoms with Crippen molar-refractivity contribution in [3.05, 3.63) is 52.8 Å². The molecule has 2 aromatic carbocycles. The molecule has 140 valence electrons. The molecule has 0 aliphatic carbocycles. The van der Waals surface area contributed by atoms with Crippen molar-refractivity contribution in [1.82, 2.24) is 4.90 Å². The summed E-state index contributed by atoms with van der Waals surface area (Å²) in [6.45, 7) is 2.27. The average Bonchev–Trinajstić information content (AvgIpc) is 2.63. The highest BCUT2D eigenvalue weighted by atomic mass is 35.5. The predicted octanol–water partition coefficient (Wildman–Crippen LogP) is 3.96. The van der Waals surface area contributed by atoms with Crippen molar-refractivity contribution in [2.24, 2.45) is 0 Å². The molecule has 0 aliphatic heterocycles. The lowest BCUT2D eigenvalue weighted by molar-refractivity contribution is -0.120. The van der Waals surface area contributed by atoms with Crippen LogP contribution in [0.3, 0.4) is 0 Å². The van der Waals surface area contributed by atoms with E-state index in [2.05, 4.69) is 5.32 Å². The van der Waals surface area contributed by atoms with Gasteiger partial charge in [-0.25, -0.2) is 4.39 Å². The van der Waals surface area contributed by atoms with E-state index in [1.807, 2.05) is 30.1 Å². The number of carbonyl (C=O) groups is 1. The maximum absolute atomic E-state index is 13.2. The Bertz CT molecular complexity index is 785.